The van der Waals surface area contributed by atoms with Gasteiger partial charge in [-0.1, -0.05) is 6.07 Å². The Morgan fingerprint density at radius 1 is 1.21 bits per heavy atom. The fraction of sp³-hybridized carbons (Fsp3) is 0.111. The van der Waals surface area contributed by atoms with E-state index in [-0.39, 0.29) is 0 Å². The molecule has 4 N–H and O–H groups in total. The van der Waals surface area contributed by atoms with Crippen molar-refractivity contribution in [2.45, 2.75) is 6.18 Å². The van der Waals surface area contributed by atoms with Crippen molar-refractivity contribution >= 4 is 30.1 Å². The Morgan fingerprint density at radius 3 is 2.21 bits per heavy atom. The smallest absolute Gasteiger partial charge is 0.478 e. The highest BCUT2D eigenvalue weighted by Gasteiger charge is 2.39. The predicted octanol–water partition coefficient (Wildman–Crippen LogP) is -0.435. The molecule has 0 fully saturated rings. The highest BCUT2D eigenvalue weighted by molar-refractivity contribution is 6.60. The van der Waals surface area contributed by atoms with Crippen LogP contribution in [0.5, 0.6) is 0 Å². The van der Waals surface area contributed by atoms with Crippen LogP contribution in [0.25, 0.3) is 0 Å². The van der Waals surface area contributed by atoms with E-state index in [1.807, 2.05) is 0 Å². The highest BCUT2D eigenvalue weighted by Crippen LogP contribution is 2.18. The lowest BCUT2D eigenvalue weighted by Crippen LogP contribution is -2.37. The number of alkyl halides is 3. The van der Waals surface area contributed by atoms with Crippen molar-refractivity contribution in [1.29, 1.82) is 0 Å². The maximum atomic E-state index is 12.1. The Labute approximate surface area is 104 Å². The summed E-state index contributed by atoms with van der Waals surface area (Å²) in [6.07, 6.45) is -5.18. The Kier molecular flexibility index (Phi) is 4.17. The van der Waals surface area contributed by atoms with E-state index in [1.165, 1.54) is 5.32 Å². The van der Waals surface area contributed by atoms with Gasteiger partial charge in [0.15, 0.2) is 0 Å². The molecule has 0 aliphatic rings. The minimum atomic E-state index is -5.18. The largest absolute Gasteiger partial charge is 0.490 e. The van der Waals surface area contributed by atoms with Crippen molar-refractivity contribution in [2.75, 3.05) is 5.32 Å². The number of benzene rings is 1. The minimum Gasteiger partial charge on any atom is -0.478 e. The first-order chi connectivity index (χ1) is 8.62. The number of amides is 1. The van der Waals surface area contributed by atoms with Crippen LogP contribution in [0.15, 0.2) is 18.2 Å². The topological polar surface area (TPSA) is 107 Å². The van der Waals surface area contributed by atoms with Crippen LogP contribution in [0, 0.1) is 0 Å². The number of hydrogen-bond donors (Lipinski definition) is 4. The molecule has 102 valence electrons. The van der Waals surface area contributed by atoms with Gasteiger partial charge in [-0.15, -0.1) is 0 Å². The van der Waals surface area contributed by atoms with Crippen LogP contribution in [0.1, 0.15) is 10.4 Å². The second kappa shape index (κ2) is 5.28. The quantitative estimate of drug-likeness (QED) is 0.560. The Balaban J connectivity index is 3.18. The standard InChI is InChI=1S/C9H7BF3NO5/c11-9(12,13)8(17)14-6-3-4(7(15)16)1-2-5(6)10(18)19/h1-3,18-19H,(H,14,17)(H,15,16). The molecule has 0 saturated heterocycles. The van der Waals surface area contributed by atoms with E-state index in [9.17, 15) is 22.8 Å². The fourth-order valence-electron chi connectivity index (χ4n) is 1.22. The fourth-order valence-corrected chi connectivity index (χ4v) is 1.22. The number of anilines is 1. The van der Waals surface area contributed by atoms with E-state index in [2.05, 4.69) is 0 Å². The first-order valence-electron chi connectivity index (χ1n) is 4.74. The summed E-state index contributed by atoms with van der Waals surface area (Å²) in [6.45, 7) is 0. The molecule has 0 aromatic heterocycles. The van der Waals surface area contributed by atoms with Crippen LogP contribution in [0.2, 0.25) is 0 Å². The average molecular weight is 277 g/mol. The molecule has 1 rings (SSSR count). The second-order valence-corrected chi connectivity index (χ2v) is 3.43. The first kappa shape index (κ1) is 15.0. The Morgan fingerprint density at radius 2 is 1.79 bits per heavy atom. The summed E-state index contributed by atoms with van der Waals surface area (Å²) < 4.78 is 36.2. The lowest BCUT2D eigenvalue weighted by Gasteiger charge is -2.12. The van der Waals surface area contributed by atoms with Crippen molar-refractivity contribution < 1.29 is 37.9 Å². The second-order valence-electron chi connectivity index (χ2n) is 3.43. The van der Waals surface area contributed by atoms with Gasteiger partial charge in [-0.05, 0) is 12.1 Å². The van der Waals surface area contributed by atoms with Crippen molar-refractivity contribution in [3.63, 3.8) is 0 Å². The molecule has 0 radical (unpaired) electrons. The maximum Gasteiger partial charge on any atom is 0.490 e. The monoisotopic (exact) mass is 277 g/mol. The number of carboxylic acids is 1. The van der Waals surface area contributed by atoms with Gasteiger partial charge in [0, 0.05) is 11.2 Å². The molecule has 0 spiro atoms. The van der Waals surface area contributed by atoms with Crippen LogP contribution in [0.4, 0.5) is 18.9 Å². The molecule has 0 aliphatic heterocycles. The zero-order valence-corrected chi connectivity index (χ0v) is 9.10. The van der Waals surface area contributed by atoms with Crippen molar-refractivity contribution in [3.8, 4) is 0 Å². The number of carbonyl (C=O) groups is 2. The van der Waals surface area contributed by atoms with Crippen LogP contribution >= 0.6 is 0 Å². The summed E-state index contributed by atoms with van der Waals surface area (Å²) in [5, 5.41) is 27.9. The molecule has 1 aromatic rings. The molecular weight excluding hydrogens is 270 g/mol. The lowest BCUT2D eigenvalue weighted by atomic mass is 9.78. The van der Waals surface area contributed by atoms with E-state index in [1.54, 1.807) is 0 Å². The third kappa shape index (κ3) is 3.70. The number of rotatable bonds is 3. The van der Waals surface area contributed by atoms with E-state index < -0.39 is 41.9 Å². The third-order valence-electron chi connectivity index (χ3n) is 2.08. The summed E-state index contributed by atoms with van der Waals surface area (Å²) in [6, 6.07) is 2.54. The molecule has 10 heteroatoms. The molecular formula is C9H7BF3NO5. The van der Waals surface area contributed by atoms with Gasteiger partial charge in [0.1, 0.15) is 0 Å². The summed E-state index contributed by atoms with van der Waals surface area (Å²) in [5.41, 5.74) is -1.51. The molecule has 0 aliphatic carbocycles. The van der Waals surface area contributed by atoms with Gasteiger partial charge in [-0.25, -0.2) is 4.79 Å². The van der Waals surface area contributed by atoms with Crippen molar-refractivity contribution in [1.82, 2.24) is 0 Å². The molecule has 0 saturated carbocycles. The van der Waals surface area contributed by atoms with Crippen LogP contribution < -0.4 is 10.8 Å². The lowest BCUT2D eigenvalue weighted by molar-refractivity contribution is -0.167. The van der Waals surface area contributed by atoms with Crippen molar-refractivity contribution in [3.05, 3.63) is 23.8 Å². The molecule has 1 aromatic carbocycles. The normalized spacial score (nSPS) is 11.0. The van der Waals surface area contributed by atoms with Crippen LogP contribution in [0.3, 0.4) is 0 Å². The van der Waals surface area contributed by atoms with Crippen LogP contribution in [-0.2, 0) is 4.79 Å². The van der Waals surface area contributed by atoms with Gasteiger partial charge >= 0.3 is 25.2 Å². The van der Waals surface area contributed by atoms with E-state index in [0.29, 0.717) is 6.07 Å². The molecule has 0 heterocycles. The van der Waals surface area contributed by atoms with Crippen molar-refractivity contribution in [2.24, 2.45) is 0 Å². The number of nitrogens with one attached hydrogen (secondary N) is 1. The molecule has 1 amide bonds. The van der Waals surface area contributed by atoms with E-state index in [4.69, 9.17) is 15.2 Å². The number of carbonyl (C=O) groups excluding carboxylic acids is 1. The van der Waals surface area contributed by atoms with Gasteiger partial charge in [-0.2, -0.15) is 13.2 Å². The number of aromatic carboxylic acids is 1. The van der Waals surface area contributed by atoms with E-state index >= 15 is 0 Å². The predicted molar refractivity (Wildman–Crippen MR) is 57.9 cm³/mol. The average Bonchev–Trinajstić information content (AvgIpc) is 2.27. The Hall–Kier alpha value is -2.07. The molecule has 0 bridgehead atoms. The maximum absolute atomic E-state index is 12.1. The summed E-state index contributed by atoms with van der Waals surface area (Å²) in [4.78, 5) is 21.4. The van der Waals surface area contributed by atoms with Gasteiger partial charge < -0.3 is 20.5 Å². The summed E-state index contributed by atoms with van der Waals surface area (Å²) >= 11 is 0. The third-order valence-corrected chi connectivity index (χ3v) is 2.08. The first-order valence-corrected chi connectivity index (χ1v) is 4.74. The van der Waals surface area contributed by atoms with Crippen LogP contribution in [-0.4, -0.2) is 40.3 Å². The highest BCUT2D eigenvalue weighted by atomic mass is 19.4. The van der Waals surface area contributed by atoms with Gasteiger partial charge in [0.05, 0.1) is 5.56 Å². The molecule has 6 nitrogen and oxygen atoms in total. The molecule has 0 unspecified atom stereocenters. The minimum absolute atomic E-state index is 0.415. The molecule has 19 heavy (non-hydrogen) atoms. The zero-order valence-electron chi connectivity index (χ0n) is 9.10. The van der Waals surface area contributed by atoms with Gasteiger partial charge in [0.2, 0.25) is 0 Å². The van der Waals surface area contributed by atoms with Gasteiger partial charge in [0.25, 0.3) is 0 Å². The number of hydrogen-bond acceptors (Lipinski definition) is 4. The SMILES string of the molecule is O=C(O)c1ccc(B(O)O)c(NC(=O)C(F)(F)F)c1. The summed E-state index contributed by atoms with van der Waals surface area (Å²) in [5.74, 6) is -3.79. The van der Waals surface area contributed by atoms with Gasteiger partial charge in [-0.3, -0.25) is 4.79 Å². The summed E-state index contributed by atoms with van der Waals surface area (Å²) in [7, 11) is -2.16. The molecule has 0 atom stereocenters. The zero-order chi connectivity index (χ0) is 14.8. The number of halogens is 3. The Bertz CT molecular complexity index is 517. The number of carboxylic acid groups (broad SMARTS) is 1. The van der Waals surface area contributed by atoms with E-state index in [0.717, 1.165) is 12.1 Å².